The topological polar surface area (TPSA) is 69.7 Å². The lowest BCUT2D eigenvalue weighted by Crippen LogP contribution is -2.47. The summed E-state index contributed by atoms with van der Waals surface area (Å²) in [4.78, 5) is 40.8. The number of benzene rings is 1. The molecule has 0 spiro atoms. The lowest BCUT2D eigenvalue weighted by molar-refractivity contribution is -0.140. The predicted octanol–water partition coefficient (Wildman–Crippen LogP) is 2.46. The van der Waals surface area contributed by atoms with Crippen LogP contribution in [-0.4, -0.2) is 60.2 Å². The molecule has 29 heavy (non-hydrogen) atoms. The first kappa shape index (κ1) is 21.1. The summed E-state index contributed by atoms with van der Waals surface area (Å²) in [5.41, 5.74) is 0.935. The fourth-order valence-corrected chi connectivity index (χ4v) is 3.99. The minimum Gasteiger partial charge on any atom is -0.343 e. The van der Waals surface area contributed by atoms with Gasteiger partial charge < -0.3 is 15.1 Å². The van der Waals surface area contributed by atoms with Crippen LogP contribution in [0, 0.1) is 5.92 Å². The standard InChI is InChI=1S/C23H31N3O3/c27-21(11-10-19-8-4-3-5-9-19)24-18-22(28)25-16-12-20(13-17-25)23(29)26-14-6-1-2-7-15-26/h3-5,8-11,20H,1-2,6-7,12-18H2,(H,24,27)/b11-10+. The molecule has 1 aromatic rings. The van der Waals surface area contributed by atoms with Crippen molar-refractivity contribution in [3.05, 3.63) is 42.0 Å². The molecule has 6 heteroatoms. The van der Waals surface area contributed by atoms with Crippen LogP contribution in [-0.2, 0) is 14.4 Å². The van der Waals surface area contributed by atoms with E-state index >= 15 is 0 Å². The highest BCUT2D eigenvalue weighted by atomic mass is 16.2. The summed E-state index contributed by atoms with van der Waals surface area (Å²) in [5.74, 6) is -0.0838. The third kappa shape index (κ3) is 6.44. The molecule has 3 rings (SSSR count). The average molecular weight is 398 g/mol. The minimum atomic E-state index is -0.284. The average Bonchev–Trinajstić information content (AvgIpc) is 3.06. The molecule has 156 valence electrons. The van der Waals surface area contributed by atoms with Gasteiger partial charge >= 0.3 is 0 Å². The molecule has 0 aromatic heterocycles. The fourth-order valence-electron chi connectivity index (χ4n) is 3.99. The van der Waals surface area contributed by atoms with E-state index in [1.165, 1.54) is 18.9 Å². The Hall–Kier alpha value is -2.63. The van der Waals surface area contributed by atoms with Crippen molar-refractivity contribution >= 4 is 23.8 Å². The fraction of sp³-hybridized carbons (Fsp3) is 0.522. The van der Waals surface area contributed by atoms with E-state index in [9.17, 15) is 14.4 Å². The maximum absolute atomic E-state index is 12.7. The third-order valence-corrected chi connectivity index (χ3v) is 5.76. The van der Waals surface area contributed by atoms with Gasteiger partial charge in [0.05, 0.1) is 6.54 Å². The van der Waals surface area contributed by atoms with Gasteiger partial charge in [-0.15, -0.1) is 0 Å². The second-order valence-corrected chi connectivity index (χ2v) is 7.86. The lowest BCUT2D eigenvalue weighted by atomic mass is 9.95. The Labute approximate surface area is 172 Å². The summed E-state index contributed by atoms with van der Waals surface area (Å²) in [6, 6.07) is 9.55. The summed E-state index contributed by atoms with van der Waals surface area (Å²) >= 11 is 0. The van der Waals surface area contributed by atoms with Crippen molar-refractivity contribution in [2.75, 3.05) is 32.7 Å². The Morgan fingerprint density at radius 3 is 2.21 bits per heavy atom. The predicted molar refractivity (Wildman–Crippen MR) is 113 cm³/mol. The van der Waals surface area contributed by atoms with E-state index in [0.717, 1.165) is 31.5 Å². The quantitative estimate of drug-likeness (QED) is 0.776. The molecule has 2 aliphatic rings. The van der Waals surface area contributed by atoms with Gasteiger partial charge in [0.2, 0.25) is 17.7 Å². The Balaban J connectivity index is 1.38. The highest BCUT2D eigenvalue weighted by molar-refractivity contribution is 5.94. The second-order valence-electron chi connectivity index (χ2n) is 7.86. The Bertz CT molecular complexity index is 716. The van der Waals surface area contributed by atoms with E-state index in [0.29, 0.717) is 25.9 Å². The van der Waals surface area contributed by atoms with Crippen molar-refractivity contribution in [3.63, 3.8) is 0 Å². The van der Waals surface area contributed by atoms with Crippen LogP contribution in [0.5, 0.6) is 0 Å². The Morgan fingerprint density at radius 1 is 0.897 bits per heavy atom. The molecule has 6 nitrogen and oxygen atoms in total. The monoisotopic (exact) mass is 397 g/mol. The highest BCUT2D eigenvalue weighted by Gasteiger charge is 2.30. The van der Waals surface area contributed by atoms with Gasteiger partial charge in [-0.1, -0.05) is 43.2 Å². The van der Waals surface area contributed by atoms with Crippen molar-refractivity contribution in [1.29, 1.82) is 0 Å². The van der Waals surface area contributed by atoms with Crippen molar-refractivity contribution in [1.82, 2.24) is 15.1 Å². The van der Waals surface area contributed by atoms with Crippen LogP contribution >= 0.6 is 0 Å². The normalized spacial score (nSPS) is 18.5. The van der Waals surface area contributed by atoms with Gasteiger partial charge in [0.15, 0.2) is 0 Å². The molecule has 1 aromatic carbocycles. The minimum absolute atomic E-state index is 0.0112. The number of hydrogen-bond acceptors (Lipinski definition) is 3. The number of nitrogens with one attached hydrogen (secondary N) is 1. The molecule has 1 N–H and O–H groups in total. The van der Waals surface area contributed by atoms with Crippen LogP contribution in [0.3, 0.4) is 0 Å². The number of carbonyl (C=O) groups is 3. The first-order chi connectivity index (χ1) is 14.1. The number of piperidine rings is 1. The zero-order chi connectivity index (χ0) is 20.5. The third-order valence-electron chi connectivity index (χ3n) is 5.76. The van der Waals surface area contributed by atoms with Crippen LogP contribution in [0.15, 0.2) is 36.4 Å². The summed E-state index contributed by atoms with van der Waals surface area (Å²) in [6.45, 7) is 2.90. The van der Waals surface area contributed by atoms with Crippen LogP contribution in [0.25, 0.3) is 6.08 Å². The first-order valence-electron chi connectivity index (χ1n) is 10.7. The number of carbonyl (C=O) groups excluding carboxylic acids is 3. The molecule has 0 radical (unpaired) electrons. The van der Waals surface area contributed by atoms with E-state index in [1.807, 2.05) is 35.2 Å². The molecule has 0 unspecified atom stereocenters. The van der Waals surface area contributed by atoms with E-state index in [-0.39, 0.29) is 30.2 Å². The molecule has 2 aliphatic heterocycles. The van der Waals surface area contributed by atoms with Gasteiger partial charge in [-0.2, -0.15) is 0 Å². The van der Waals surface area contributed by atoms with Crippen molar-refractivity contribution in [3.8, 4) is 0 Å². The van der Waals surface area contributed by atoms with Gasteiger partial charge in [-0.05, 0) is 37.3 Å². The summed E-state index contributed by atoms with van der Waals surface area (Å²) in [6.07, 6.45) is 9.20. The first-order valence-corrected chi connectivity index (χ1v) is 10.7. The number of nitrogens with zero attached hydrogens (tertiary/aromatic N) is 2. The summed E-state index contributed by atoms with van der Waals surface area (Å²) in [5, 5.41) is 2.65. The van der Waals surface area contributed by atoms with Crippen LogP contribution in [0.2, 0.25) is 0 Å². The molecule has 0 atom stereocenters. The Morgan fingerprint density at radius 2 is 1.55 bits per heavy atom. The van der Waals surface area contributed by atoms with E-state index < -0.39 is 0 Å². The number of hydrogen-bond donors (Lipinski definition) is 1. The van der Waals surface area contributed by atoms with Crippen molar-refractivity contribution < 1.29 is 14.4 Å². The van der Waals surface area contributed by atoms with Crippen LogP contribution in [0.1, 0.15) is 44.1 Å². The zero-order valence-electron chi connectivity index (χ0n) is 17.0. The SMILES string of the molecule is O=C(/C=C/c1ccccc1)NCC(=O)N1CCC(C(=O)N2CCCCCC2)CC1. The number of amides is 3. The molecule has 0 aliphatic carbocycles. The van der Waals surface area contributed by atoms with Crippen LogP contribution in [0.4, 0.5) is 0 Å². The highest BCUT2D eigenvalue weighted by Crippen LogP contribution is 2.21. The van der Waals surface area contributed by atoms with E-state index in [2.05, 4.69) is 5.32 Å². The Kier molecular flexibility index (Phi) is 7.85. The smallest absolute Gasteiger partial charge is 0.244 e. The number of rotatable bonds is 5. The van der Waals surface area contributed by atoms with E-state index in [1.54, 1.807) is 11.0 Å². The summed E-state index contributed by atoms with van der Waals surface area (Å²) < 4.78 is 0. The number of likely N-dealkylation sites (tertiary alicyclic amines) is 2. The summed E-state index contributed by atoms with van der Waals surface area (Å²) in [7, 11) is 0. The molecular weight excluding hydrogens is 366 g/mol. The maximum Gasteiger partial charge on any atom is 0.244 e. The second kappa shape index (κ2) is 10.8. The van der Waals surface area contributed by atoms with Gasteiger partial charge in [0.1, 0.15) is 0 Å². The molecular formula is C23H31N3O3. The molecule has 0 bridgehead atoms. The molecule has 2 saturated heterocycles. The maximum atomic E-state index is 12.7. The van der Waals surface area contributed by atoms with Gasteiger partial charge in [-0.3, -0.25) is 14.4 Å². The van der Waals surface area contributed by atoms with Gasteiger partial charge in [-0.25, -0.2) is 0 Å². The molecule has 3 amide bonds. The van der Waals surface area contributed by atoms with Crippen LogP contribution < -0.4 is 5.32 Å². The van der Waals surface area contributed by atoms with Crippen molar-refractivity contribution in [2.24, 2.45) is 5.92 Å². The lowest BCUT2D eigenvalue weighted by Gasteiger charge is -2.34. The van der Waals surface area contributed by atoms with Crippen molar-refractivity contribution in [2.45, 2.75) is 38.5 Å². The molecule has 2 heterocycles. The largest absolute Gasteiger partial charge is 0.343 e. The van der Waals surface area contributed by atoms with E-state index in [4.69, 9.17) is 0 Å². The zero-order valence-corrected chi connectivity index (χ0v) is 17.0. The molecule has 2 fully saturated rings. The van der Waals surface area contributed by atoms with Gasteiger partial charge in [0, 0.05) is 38.2 Å². The molecule has 0 saturated carbocycles. The van der Waals surface area contributed by atoms with Gasteiger partial charge in [0.25, 0.3) is 0 Å².